The number of aromatic nitrogens is 2. The summed E-state index contributed by atoms with van der Waals surface area (Å²) in [6, 6.07) is 8.42. The molecular weight excluding hydrogens is 318 g/mol. The fourth-order valence-electron chi connectivity index (χ4n) is 1.85. The van der Waals surface area contributed by atoms with E-state index in [-0.39, 0.29) is 36.0 Å². The van der Waals surface area contributed by atoms with Gasteiger partial charge in [-0.15, -0.1) is 12.4 Å². The lowest BCUT2D eigenvalue weighted by Gasteiger charge is -2.17. The van der Waals surface area contributed by atoms with Crippen LogP contribution >= 0.6 is 12.4 Å². The molecule has 7 nitrogen and oxygen atoms in total. The summed E-state index contributed by atoms with van der Waals surface area (Å²) in [4.78, 5) is 23.3. The van der Waals surface area contributed by atoms with Gasteiger partial charge in [0.05, 0.1) is 17.3 Å². The van der Waals surface area contributed by atoms with Crippen LogP contribution in [-0.2, 0) is 4.79 Å². The Morgan fingerprint density at radius 2 is 1.87 bits per heavy atom. The number of halogens is 1. The zero-order valence-corrected chi connectivity index (χ0v) is 13.7. The third-order valence-electron chi connectivity index (χ3n) is 3.45. The fraction of sp³-hybridized carbons (Fsp3) is 0.267. The molecule has 2 atom stereocenters. The molecule has 0 aliphatic carbocycles. The van der Waals surface area contributed by atoms with E-state index in [2.05, 4.69) is 10.4 Å². The van der Waals surface area contributed by atoms with E-state index in [1.807, 2.05) is 6.07 Å². The molecule has 0 bridgehead atoms. The van der Waals surface area contributed by atoms with Crippen LogP contribution in [0.1, 0.15) is 24.3 Å². The normalized spacial score (nSPS) is 12.8. The smallest absolute Gasteiger partial charge is 0.269 e. The highest BCUT2D eigenvalue weighted by atomic mass is 35.5. The van der Waals surface area contributed by atoms with Gasteiger partial charge in [-0.05, 0) is 25.1 Å². The number of primary amides is 1. The van der Waals surface area contributed by atoms with Crippen molar-refractivity contribution < 1.29 is 9.59 Å². The topological polar surface area (TPSA) is 116 Å². The number of nitrogens with one attached hydrogen (secondary N) is 1. The molecule has 0 aliphatic heterocycles. The van der Waals surface area contributed by atoms with Gasteiger partial charge >= 0.3 is 0 Å². The largest absolute Gasteiger partial charge is 0.364 e. The molecule has 2 aromatic rings. The Hall–Kier alpha value is -2.38. The summed E-state index contributed by atoms with van der Waals surface area (Å²) >= 11 is 0. The van der Waals surface area contributed by atoms with E-state index in [9.17, 15) is 9.59 Å². The van der Waals surface area contributed by atoms with E-state index in [1.165, 1.54) is 10.7 Å². The fourth-order valence-corrected chi connectivity index (χ4v) is 1.85. The molecule has 124 valence electrons. The van der Waals surface area contributed by atoms with Gasteiger partial charge < -0.3 is 16.8 Å². The van der Waals surface area contributed by atoms with E-state index in [1.54, 1.807) is 38.2 Å². The minimum atomic E-state index is -0.606. The molecule has 5 N–H and O–H groups in total. The van der Waals surface area contributed by atoms with Crippen LogP contribution in [0.5, 0.6) is 0 Å². The number of anilines is 1. The van der Waals surface area contributed by atoms with Gasteiger partial charge in [0.25, 0.3) is 5.91 Å². The van der Waals surface area contributed by atoms with Gasteiger partial charge in [0, 0.05) is 12.2 Å². The summed E-state index contributed by atoms with van der Waals surface area (Å²) in [6.45, 7) is 3.55. The highest BCUT2D eigenvalue weighted by molar-refractivity contribution is 5.94. The van der Waals surface area contributed by atoms with E-state index >= 15 is 0 Å². The van der Waals surface area contributed by atoms with Crippen LogP contribution in [0.2, 0.25) is 0 Å². The summed E-state index contributed by atoms with van der Waals surface area (Å²) < 4.78 is 1.49. The molecule has 8 heteroatoms. The van der Waals surface area contributed by atoms with Crippen molar-refractivity contribution in [2.24, 2.45) is 17.4 Å². The van der Waals surface area contributed by atoms with Gasteiger partial charge in [-0.25, -0.2) is 4.68 Å². The first-order chi connectivity index (χ1) is 10.4. The zero-order valence-electron chi connectivity index (χ0n) is 12.9. The molecule has 2 rings (SSSR count). The SMILES string of the molecule is CC(N)C(C)C(=O)Nc1ccccc1-n1ccc(C(N)=O)n1.Cl. The molecule has 1 aromatic carbocycles. The monoisotopic (exact) mass is 337 g/mol. The number of nitrogens with two attached hydrogens (primary N) is 2. The van der Waals surface area contributed by atoms with Gasteiger partial charge in [0.2, 0.25) is 5.91 Å². The number of nitrogens with zero attached hydrogens (tertiary/aromatic N) is 2. The lowest BCUT2D eigenvalue weighted by Crippen LogP contribution is -2.34. The van der Waals surface area contributed by atoms with Gasteiger partial charge in [-0.3, -0.25) is 9.59 Å². The second-order valence-corrected chi connectivity index (χ2v) is 5.16. The average Bonchev–Trinajstić information content (AvgIpc) is 2.96. The number of hydrogen-bond acceptors (Lipinski definition) is 4. The summed E-state index contributed by atoms with van der Waals surface area (Å²) in [5.74, 6) is -1.11. The molecule has 0 saturated heterocycles. The number of hydrogen-bond donors (Lipinski definition) is 3. The first kappa shape index (κ1) is 18.7. The molecule has 1 heterocycles. The van der Waals surface area contributed by atoms with E-state index in [4.69, 9.17) is 11.5 Å². The Bertz CT molecular complexity index is 699. The Balaban J connectivity index is 0.00000264. The van der Waals surface area contributed by atoms with Crippen molar-refractivity contribution in [3.8, 4) is 5.69 Å². The quantitative estimate of drug-likeness (QED) is 0.762. The van der Waals surface area contributed by atoms with E-state index in [0.29, 0.717) is 11.4 Å². The van der Waals surface area contributed by atoms with Crippen molar-refractivity contribution in [2.75, 3.05) is 5.32 Å². The van der Waals surface area contributed by atoms with Crippen molar-refractivity contribution in [3.63, 3.8) is 0 Å². The van der Waals surface area contributed by atoms with Crippen molar-refractivity contribution in [3.05, 3.63) is 42.2 Å². The van der Waals surface area contributed by atoms with Crippen LogP contribution in [0.4, 0.5) is 5.69 Å². The van der Waals surface area contributed by atoms with Crippen LogP contribution in [0.3, 0.4) is 0 Å². The van der Waals surface area contributed by atoms with Crippen molar-refractivity contribution >= 4 is 29.9 Å². The van der Waals surface area contributed by atoms with E-state index < -0.39 is 5.91 Å². The number of carbonyl (C=O) groups is 2. The van der Waals surface area contributed by atoms with Gasteiger partial charge in [0.15, 0.2) is 0 Å². The number of amides is 2. The van der Waals surface area contributed by atoms with Crippen LogP contribution < -0.4 is 16.8 Å². The highest BCUT2D eigenvalue weighted by Gasteiger charge is 2.18. The third kappa shape index (κ3) is 4.30. The maximum Gasteiger partial charge on any atom is 0.269 e. The molecule has 2 amide bonds. The Morgan fingerprint density at radius 1 is 1.22 bits per heavy atom. The van der Waals surface area contributed by atoms with Crippen LogP contribution in [0.15, 0.2) is 36.5 Å². The van der Waals surface area contributed by atoms with Crippen molar-refractivity contribution in [2.45, 2.75) is 19.9 Å². The average molecular weight is 338 g/mol. The van der Waals surface area contributed by atoms with Crippen LogP contribution in [-0.4, -0.2) is 27.6 Å². The number of carbonyl (C=O) groups excluding carboxylic acids is 2. The Morgan fingerprint density at radius 3 is 2.43 bits per heavy atom. The second kappa shape index (κ2) is 7.75. The highest BCUT2D eigenvalue weighted by Crippen LogP contribution is 2.20. The molecule has 0 saturated carbocycles. The molecule has 0 radical (unpaired) electrons. The first-order valence-electron chi connectivity index (χ1n) is 6.91. The summed E-state index contributed by atoms with van der Waals surface area (Å²) in [5, 5.41) is 6.93. The zero-order chi connectivity index (χ0) is 16.3. The van der Waals surface area contributed by atoms with Crippen LogP contribution in [0, 0.1) is 5.92 Å². The molecule has 0 aliphatic rings. The van der Waals surface area contributed by atoms with Gasteiger partial charge in [-0.2, -0.15) is 5.10 Å². The van der Waals surface area contributed by atoms with Gasteiger partial charge in [-0.1, -0.05) is 19.1 Å². The maximum atomic E-state index is 12.2. The number of rotatable bonds is 5. The summed E-state index contributed by atoms with van der Waals surface area (Å²) in [6.07, 6.45) is 1.61. The molecular formula is C15H20ClN5O2. The maximum absolute atomic E-state index is 12.2. The summed E-state index contributed by atoms with van der Waals surface area (Å²) in [7, 11) is 0. The molecule has 0 fully saturated rings. The minimum Gasteiger partial charge on any atom is -0.364 e. The first-order valence-corrected chi connectivity index (χ1v) is 6.91. The van der Waals surface area contributed by atoms with Crippen LogP contribution in [0.25, 0.3) is 5.69 Å². The predicted octanol–water partition coefficient (Wildman–Crippen LogP) is 1.31. The van der Waals surface area contributed by atoms with Crippen molar-refractivity contribution in [1.29, 1.82) is 0 Å². The lowest BCUT2D eigenvalue weighted by atomic mass is 10.0. The Labute approximate surface area is 140 Å². The summed E-state index contributed by atoms with van der Waals surface area (Å²) in [5.41, 5.74) is 12.3. The van der Waals surface area contributed by atoms with E-state index in [0.717, 1.165) is 0 Å². The lowest BCUT2D eigenvalue weighted by molar-refractivity contribution is -0.119. The Kier molecular flexibility index (Phi) is 6.29. The molecule has 0 spiro atoms. The third-order valence-corrected chi connectivity index (χ3v) is 3.45. The molecule has 2 unspecified atom stereocenters. The predicted molar refractivity (Wildman–Crippen MR) is 90.8 cm³/mol. The number of benzene rings is 1. The van der Waals surface area contributed by atoms with Crippen molar-refractivity contribution in [1.82, 2.24) is 9.78 Å². The van der Waals surface area contributed by atoms with Gasteiger partial charge in [0.1, 0.15) is 5.69 Å². The standard InChI is InChI=1S/C15H19N5O2.ClH/c1-9(10(2)16)15(22)18-11-5-3-4-6-13(11)20-8-7-12(19-20)14(17)21;/h3-10H,16H2,1-2H3,(H2,17,21)(H,18,22);1H. The number of para-hydroxylation sites is 2. The second-order valence-electron chi connectivity index (χ2n) is 5.16. The molecule has 1 aromatic heterocycles. The minimum absolute atomic E-state index is 0. The molecule has 23 heavy (non-hydrogen) atoms.